The van der Waals surface area contributed by atoms with Crippen LogP contribution in [0.4, 0.5) is 0 Å². The van der Waals surface area contributed by atoms with Crippen LogP contribution in [0.1, 0.15) is 17.0 Å². The highest BCUT2D eigenvalue weighted by molar-refractivity contribution is 9.10. The predicted molar refractivity (Wildman–Crippen MR) is 99.5 cm³/mol. The van der Waals surface area contributed by atoms with E-state index in [1.54, 1.807) is 6.07 Å². The Bertz CT molecular complexity index is 1130. The van der Waals surface area contributed by atoms with E-state index >= 15 is 0 Å². The maximum absolute atomic E-state index is 12.4. The molecule has 0 radical (unpaired) electrons. The van der Waals surface area contributed by atoms with Crippen LogP contribution in [0.25, 0.3) is 22.3 Å². The van der Waals surface area contributed by atoms with Gasteiger partial charge in [0.2, 0.25) is 11.7 Å². The second-order valence-electron chi connectivity index (χ2n) is 5.86. The molecule has 4 aromatic rings. The summed E-state index contributed by atoms with van der Waals surface area (Å²) >= 11 is 3.44. The van der Waals surface area contributed by atoms with E-state index in [0.29, 0.717) is 23.7 Å². The topological polar surface area (TPSA) is 71.8 Å². The number of H-pyrrole nitrogens is 1. The Morgan fingerprint density at radius 1 is 1.16 bits per heavy atom. The molecule has 0 atom stereocenters. The minimum atomic E-state index is -0.238. The number of nitrogens with zero attached hydrogens (tertiary/aromatic N) is 2. The highest BCUT2D eigenvalue weighted by Crippen LogP contribution is 2.21. The molecule has 0 amide bonds. The monoisotopic (exact) mass is 395 g/mol. The SMILES string of the molecule is Cc1ccccc1Cc1nc(-c2cc3cc(Br)ccc3[nH]c2=O)no1. The average molecular weight is 396 g/mol. The van der Waals surface area contributed by atoms with Gasteiger partial charge in [0.05, 0.1) is 12.0 Å². The van der Waals surface area contributed by atoms with Crippen LogP contribution in [0, 0.1) is 6.92 Å². The van der Waals surface area contributed by atoms with Gasteiger partial charge in [-0.1, -0.05) is 45.4 Å². The number of nitrogens with one attached hydrogen (secondary N) is 1. The minimum Gasteiger partial charge on any atom is -0.339 e. The van der Waals surface area contributed by atoms with E-state index in [1.807, 2.05) is 49.4 Å². The number of benzene rings is 2. The van der Waals surface area contributed by atoms with Crippen molar-refractivity contribution in [1.82, 2.24) is 15.1 Å². The van der Waals surface area contributed by atoms with Gasteiger partial charge >= 0.3 is 0 Å². The predicted octanol–water partition coefficient (Wildman–Crippen LogP) is 4.24. The zero-order chi connectivity index (χ0) is 17.4. The van der Waals surface area contributed by atoms with Gasteiger partial charge in [-0.3, -0.25) is 4.79 Å². The molecular weight excluding hydrogens is 382 g/mol. The Hall–Kier alpha value is -2.73. The van der Waals surface area contributed by atoms with Crippen molar-refractivity contribution >= 4 is 26.8 Å². The van der Waals surface area contributed by atoms with Crippen LogP contribution in [0.3, 0.4) is 0 Å². The molecular formula is C19H14BrN3O2. The standard InChI is InChI=1S/C19H14BrN3O2/c1-11-4-2-3-5-12(11)10-17-22-18(23-25-17)15-9-13-8-14(20)6-7-16(13)21-19(15)24/h2-9H,10H2,1H3,(H,21,24). The zero-order valence-electron chi connectivity index (χ0n) is 13.4. The lowest BCUT2D eigenvalue weighted by molar-refractivity contribution is 0.385. The van der Waals surface area contributed by atoms with Gasteiger partial charge in [-0.05, 0) is 42.3 Å². The number of rotatable bonds is 3. The Morgan fingerprint density at radius 2 is 2.00 bits per heavy atom. The van der Waals surface area contributed by atoms with Crippen LogP contribution in [-0.2, 0) is 6.42 Å². The van der Waals surface area contributed by atoms with Crippen molar-refractivity contribution in [3.63, 3.8) is 0 Å². The lowest BCUT2D eigenvalue weighted by atomic mass is 10.1. The van der Waals surface area contributed by atoms with E-state index < -0.39 is 0 Å². The fourth-order valence-corrected chi connectivity index (χ4v) is 3.13. The number of aromatic nitrogens is 3. The molecule has 0 bridgehead atoms. The lowest BCUT2D eigenvalue weighted by Crippen LogP contribution is -2.09. The molecule has 0 spiro atoms. The minimum absolute atomic E-state index is 0.238. The van der Waals surface area contributed by atoms with E-state index in [4.69, 9.17) is 4.52 Å². The smallest absolute Gasteiger partial charge is 0.259 e. The molecule has 124 valence electrons. The van der Waals surface area contributed by atoms with Gasteiger partial charge in [0.25, 0.3) is 5.56 Å². The largest absolute Gasteiger partial charge is 0.339 e. The molecule has 0 aliphatic carbocycles. The molecule has 6 heteroatoms. The van der Waals surface area contributed by atoms with E-state index in [1.165, 1.54) is 0 Å². The highest BCUT2D eigenvalue weighted by Gasteiger charge is 2.14. The molecule has 0 unspecified atom stereocenters. The molecule has 2 heterocycles. The number of halogens is 1. The summed E-state index contributed by atoms with van der Waals surface area (Å²) in [5, 5.41) is 4.88. The Morgan fingerprint density at radius 3 is 2.84 bits per heavy atom. The fourth-order valence-electron chi connectivity index (χ4n) is 2.75. The summed E-state index contributed by atoms with van der Waals surface area (Å²) in [6.45, 7) is 2.04. The molecule has 0 saturated heterocycles. The van der Waals surface area contributed by atoms with Crippen molar-refractivity contribution in [2.45, 2.75) is 13.3 Å². The van der Waals surface area contributed by atoms with Crippen LogP contribution in [0.15, 0.2) is 62.3 Å². The van der Waals surface area contributed by atoms with Gasteiger partial charge in [0.15, 0.2) is 0 Å². The maximum Gasteiger partial charge on any atom is 0.259 e. The Kier molecular flexibility index (Phi) is 3.97. The van der Waals surface area contributed by atoms with Crippen molar-refractivity contribution in [3.8, 4) is 11.4 Å². The summed E-state index contributed by atoms with van der Waals surface area (Å²) < 4.78 is 6.28. The van der Waals surface area contributed by atoms with Crippen molar-refractivity contribution in [1.29, 1.82) is 0 Å². The van der Waals surface area contributed by atoms with Gasteiger partial charge in [-0.15, -0.1) is 0 Å². The van der Waals surface area contributed by atoms with Crippen LogP contribution in [0.2, 0.25) is 0 Å². The maximum atomic E-state index is 12.4. The third-order valence-corrected chi connectivity index (χ3v) is 4.61. The number of fused-ring (bicyclic) bond motifs is 1. The van der Waals surface area contributed by atoms with Crippen LogP contribution in [0.5, 0.6) is 0 Å². The molecule has 2 aromatic carbocycles. The first-order chi connectivity index (χ1) is 12.1. The first-order valence-corrected chi connectivity index (χ1v) is 8.59. The third-order valence-electron chi connectivity index (χ3n) is 4.12. The third kappa shape index (κ3) is 3.13. The molecule has 1 N–H and O–H groups in total. The molecule has 2 aromatic heterocycles. The van der Waals surface area contributed by atoms with Crippen molar-refractivity contribution < 1.29 is 4.52 Å². The van der Waals surface area contributed by atoms with Crippen molar-refractivity contribution in [2.24, 2.45) is 0 Å². The van der Waals surface area contributed by atoms with Gasteiger partial charge in [0.1, 0.15) is 0 Å². The molecule has 0 aliphatic heterocycles. The van der Waals surface area contributed by atoms with Gasteiger partial charge < -0.3 is 9.51 Å². The van der Waals surface area contributed by atoms with Crippen LogP contribution < -0.4 is 5.56 Å². The Balaban J connectivity index is 1.72. The summed E-state index contributed by atoms with van der Waals surface area (Å²) in [6.07, 6.45) is 0.538. The summed E-state index contributed by atoms with van der Waals surface area (Å²) in [6, 6.07) is 15.5. The molecule has 0 saturated carbocycles. The van der Waals surface area contributed by atoms with E-state index in [2.05, 4.69) is 31.1 Å². The summed E-state index contributed by atoms with van der Waals surface area (Å²) in [7, 11) is 0. The van der Waals surface area contributed by atoms with Gasteiger partial charge in [0, 0.05) is 15.4 Å². The quantitative estimate of drug-likeness (QED) is 0.562. The molecule has 0 fully saturated rings. The molecule has 4 rings (SSSR count). The molecule has 25 heavy (non-hydrogen) atoms. The molecule has 5 nitrogen and oxygen atoms in total. The van der Waals surface area contributed by atoms with Crippen molar-refractivity contribution in [3.05, 3.63) is 80.4 Å². The Labute approximate surface area is 151 Å². The summed E-state index contributed by atoms with van der Waals surface area (Å²) in [5.41, 5.74) is 3.20. The van der Waals surface area contributed by atoms with E-state index in [9.17, 15) is 4.79 Å². The average Bonchev–Trinajstić information content (AvgIpc) is 3.05. The number of pyridine rings is 1. The van der Waals surface area contributed by atoms with Gasteiger partial charge in [-0.2, -0.15) is 4.98 Å². The van der Waals surface area contributed by atoms with Crippen LogP contribution >= 0.6 is 15.9 Å². The second kappa shape index (κ2) is 6.29. The number of aromatic amines is 1. The molecule has 0 aliphatic rings. The van der Waals surface area contributed by atoms with E-state index in [-0.39, 0.29) is 5.56 Å². The van der Waals surface area contributed by atoms with Gasteiger partial charge in [-0.25, -0.2) is 0 Å². The van der Waals surface area contributed by atoms with Crippen molar-refractivity contribution in [2.75, 3.05) is 0 Å². The number of hydrogen-bond donors (Lipinski definition) is 1. The number of hydrogen-bond acceptors (Lipinski definition) is 4. The number of aryl methyl sites for hydroxylation is 1. The van der Waals surface area contributed by atoms with Crippen LogP contribution in [-0.4, -0.2) is 15.1 Å². The summed E-state index contributed by atoms with van der Waals surface area (Å²) in [5.74, 6) is 0.782. The zero-order valence-corrected chi connectivity index (χ0v) is 15.0. The normalized spacial score (nSPS) is 11.1. The van der Waals surface area contributed by atoms with E-state index in [0.717, 1.165) is 26.5 Å². The second-order valence-corrected chi connectivity index (χ2v) is 6.77. The highest BCUT2D eigenvalue weighted by atomic mass is 79.9. The fraction of sp³-hybridized carbons (Fsp3) is 0.105. The summed E-state index contributed by atoms with van der Waals surface area (Å²) in [4.78, 5) is 19.6. The first-order valence-electron chi connectivity index (χ1n) is 7.80. The lowest BCUT2D eigenvalue weighted by Gasteiger charge is -2.01. The first kappa shape index (κ1) is 15.8.